The molecule has 1 aromatic rings. The Kier molecular flexibility index (Phi) is 3.08. The highest BCUT2D eigenvalue weighted by Crippen LogP contribution is 2.44. The van der Waals surface area contributed by atoms with Crippen molar-refractivity contribution in [3.05, 3.63) is 24.3 Å². The molecular formula is C14H18N2OS. The fourth-order valence-corrected chi connectivity index (χ4v) is 3.77. The summed E-state index contributed by atoms with van der Waals surface area (Å²) in [5.41, 5.74) is 6.64. The average Bonchev–Trinajstić information content (AvgIpc) is 2.37. The van der Waals surface area contributed by atoms with Crippen LogP contribution in [0.1, 0.15) is 19.3 Å². The van der Waals surface area contributed by atoms with Gasteiger partial charge in [-0.3, -0.25) is 4.79 Å². The van der Waals surface area contributed by atoms with Gasteiger partial charge in [0, 0.05) is 23.7 Å². The van der Waals surface area contributed by atoms with Crippen molar-refractivity contribution in [3.8, 4) is 0 Å². The molecule has 96 valence electrons. The molecule has 3 nitrogen and oxygen atoms in total. The van der Waals surface area contributed by atoms with Crippen LogP contribution in [0.15, 0.2) is 29.2 Å². The summed E-state index contributed by atoms with van der Waals surface area (Å²) in [6.45, 7) is 1.29. The quantitative estimate of drug-likeness (QED) is 0.889. The van der Waals surface area contributed by atoms with Gasteiger partial charge >= 0.3 is 0 Å². The lowest BCUT2D eigenvalue weighted by atomic mass is 9.67. The third kappa shape index (κ3) is 1.75. The molecule has 2 aliphatic rings. The fourth-order valence-electron chi connectivity index (χ4n) is 2.78. The van der Waals surface area contributed by atoms with Gasteiger partial charge < -0.3 is 10.6 Å². The van der Waals surface area contributed by atoms with E-state index >= 15 is 0 Å². The molecule has 1 amide bonds. The SMILES string of the molecule is NCC1(C(=O)N2CCSc3ccccc32)CCC1. The number of carbonyl (C=O) groups excluding carboxylic acids is 1. The molecule has 1 aromatic carbocycles. The first-order valence-corrected chi connectivity index (χ1v) is 7.49. The Balaban J connectivity index is 1.92. The number of carbonyl (C=O) groups is 1. The zero-order valence-electron chi connectivity index (χ0n) is 10.4. The molecule has 4 heteroatoms. The summed E-state index contributed by atoms with van der Waals surface area (Å²) in [6.07, 6.45) is 3.04. The van der Waals surface area contributed by atoms with E-state index < -0.39 is 0 Å². The van der Waals surface area contributed by atoms with Crippen LogP contribution in [0.25, 0.3) is 0 Å². The van der Waals surface area contributed by atoms with E-state index in [1.54, 1.807) is 0 Å². The zero-order valence-corrected chi connectivity index (χ0v) is 11.2. The van der Waals surface area contributed by atoms with Crippen LogP contribution in [-0.2, 0) is 4.79 Å². The molecule has 0 saturated heterocycles. The molecule has 0 radical (unpaired) electrons. The molecule has 0 atom stereocenters. The molecule has 0 bridgehead atoms. The van der Waals surface area contributed by atoms with Crippen LogP contribution in [0.5, 0.6) is 0 Å². The van der Waals surface area contributed by atoms with Gasteiger partial charge in [-0.1, -0.05) is 18.6 Å². The number of para-hydroxylation sites is 1. The van der Waals surface area contributed by atoms with Crippen LogP contribution in [0.3, 0.4) is 0 Å². The van der Waals surface area contributed by atoms with Crippen LogP contribution in [0, 0.1) is 5.41 Å². The van der Waals surface area contributed by atoms with Crippen molar-refractivity contribution in [3.63, 3.8) is 0 Å². The number of amides is 1. The van der Waals surface area contributed by atoms with Crippen LogP contribution >= 0.6 is 11.8 Å². The summed E-state index contributed by atoms with van der Waals surface area (Å²) in [5, 5.41) is 0. The Morgan fingerprint density at radius 3 is 2.83 bits per heavy atom. The van der Waals surface area contributed by atoms with Crippen LogP contribution in [0.2, 0.25) is 0 Å². The van der Waals surface area contributed by atoms with Gasteiger partial charge in [-0.25, -0.2) is 0 Å². The van der Waals surface area contributed by atoms with Crippen molar-refractivity contribution in [1.29, 1.82) is 0 Å². The average molecular weight is 262 g/mol. The van der Waals surface area contributed by atoms with E-state index in [2.05, 4.69) is 6.07 Å². The molecule has 0 spiro atoms. The van der Waals surface area contributed by atoms with Crippen LogP contribution in [0.4, 0.5) is 5.69 Å². The maximum atomic E-state index is 12.7. The van der Waals surface area contributed by atoms with Gasteiger partial charge in [0.05, 0.1) is 11.1 Å². The molecule has 1 saturated carbocycles. The standard InChI is InChI=1S/C14H18N2OS/c15-10-14(6-3-7-14)13(17)16-8-9-18-12-5-2-1-4-11(12)16/h1-2,4-5H,3,6-10,15H2. The maximum Gasteiger partial charge on any atom is 0.234 e. The Morgan fingerprint density at radius 1 is 1.39 bits per heavy atom. The topological polar surface area (TPSA) is 46.3 Å². The number of anilines is 1. The zero-order chi connectivity index (χ0) is 12.6. The Labute approximate surface area is 112 Å². The van der Waals surface area contributed by atoms with Gasteiger partial charge in [-0.15, -0.1) is 11.8 Å². The van der Waals surface area contributed by atoms with E-state index in [-0.39, 0.29) is 11.3 Å². The fraction of sp³-hybridized carbons (Fsp3) is 0.500. The molecular weight excluding hydrogens is 244 g/mol. The number of fused-ring (bicyclic) bond motifs is 1. The van der Waals surface area contributed by atoms with E-state index in [9.17, 15) is 4.79 Å². The van der Waals surface area contributed by atoms with Gasteiger partial charge in [0.15, 0.2) is 0 Å². The highest BCUT2D eigenvalue weighted by molar-refractivity contribution is 7.99. The number of rotatable bonds is 2. The number of hydrogen-bond acceptors (Lipinski definition) is 3. The Bertz CT molecular complexity index is 465. The molecule has 1 aliphatic heterocycles. The van der Waals surface area contributed by atoms with Crippen molar-refractivity contribution >= 4 is 23.4 Å². The number of benzene rings is 1. The van der Waals surface area contributed by atoms with Crippen molar-refractivity contribution < 1.29 is 4.79 Å². The molecule has 1 aliphatic carbocycles. The monoisotopic (exact) mass is 262 g/mol. The smallest absolute Gasteiger partial charge is 0.234 e. The molecule has 18 heavy (non-hydrogen) atoms. The van der Waals surface area contributed by atoms with E-state index in [0.717, 1.165) is 37.2 Å². The second-order valence-electron chi connectivity index (χ2n) is 5.11. The van der Waals surface area contributed by atoms with Crippen molar-refractivity contribution in [1.82, 2.24) is 0 Å². The third-order valence-corrected chi connectivity index (χ3v) is 5.17. The Hall–Kier alpha value is -1.00. The summed E-state index contributed by atoms with van der Waals surface area (Å²) in [7, 11) is 0. The first-order valence-electron chi connectivity index (χ1n) is 6.51. The normalized spacial score (nSPS) is 21.1. The van der Waals surface area contributed by atoms with E-state index in [1.165, 1.54) is 4.90 Å². The highest BCUT2D eigenvalue weighted by Gasteiger charge is 2.46. The predicted octanol–water partition coefficient (Wildman–Crippen LogP) is 2.25. The molecule has 3 rings (SSSR count). The second-order valence-corrected chi connectivity index (χ2v) is 6.25. The van der Waals surface area contributed by atoms with E-state index in [4.69, 9.17) is 5.73 Å². The summed E-state index contributed by atoms with van der Waals surface area (Å²) in [4.78, 5) is 15.9. The van der Waals surface area contributed by atoms with Gasteiger partial charge in [0.25, 0.3) is 0 Å². The molecule has 0 unspecified atom stereocenters. The van der Waals surface area contributed by atoms with Crippen molar-refractivity contribution in [2.75, 3.05) is 23.7 Å². The Morgan fingerprint density at radius 2 is 2.17 bits per heavy atom. The molecule has 2 N–H and O–H groups in total. The lowest BCUT2D eigenvalue weighted by Crippen LogP contribution is -2.53. The number of hydrogen-bond donors (Lipinski definition) is 1. The van der Waals surface area contributed by atoms with Crippen molar-refractivity contribution in [2.24, 2.45) is 11.1 Å². The van der Waals surface area contributed by atoms with E-state index in [0.29, 0.717) is 6.54 Å². The number of nitrogens with zero attached hydrogens (tertiary/aromatic N) is 1. The maximum absolute atomic E-state index is 12.7. The minimum atomic E-state index is -0.269. The minimum Gasteiger partial charge on any atom is -0.329 e. The lowest BCUT2D eigenvalue weighted by Gasteiger charge is -2.44. The number of thioether (sulfide) groups is 1. The van der Waals surface area contributed by atoms with Crippen LogP contribution < -0.4 is 10.6 Å². The largest absolute Gasteiger partial charge is 0.329 e. The van der Waals surface area contributed by atoms with Gasteiger partial charge in [-0.05, 0) is 25.0 Å². The minimum absolute atomic E-state index is 0.240. The van der Waals surface area contributed by atoms with Crippen LogP contribution in [-0.4, -0.2) is 24.7 Å². The number of nitrogens with two attached hydrogens (primary N) is 1. The van der Waals surface area contributed by atoms with Crippen molar-refractivity contribution in [2.45, 2.75) is 24.2 Å². The first kappa shape index (κ1) is 12.1. The third-order valence-electron chi connectivity index (χ3n) is 4.13. The first-order chi connectivity index (χ1) is 8.77. The molecule has 0 aromatic heterocycles. The van der Waals surface area contributed by atoms with Gasteiger partial charge in [0.2, 0.25) is 5.91 Å². The summed E-state index contributed by atoms with van der Waals surface area (Å²) >= 11 is 1.83. The van der Waals surface area contributed by atoms with E-state index in [1.807, 2.05) is 34.9 Å². The highest BCUT2D eigenvalue weighted by atomic mass is 32.2. The summed E-state index contributed by atoms with van der Waals surface area (Å²) in [6, 6.07) is 8.17. The summed E-state index contributed by atoms with van der Waals surface area (Å²) in [5.74, 6) is 1.22. The predicted molar refractivity (Wildman–Crippen MR) is 74.9 cm³/mol. The molecule has 1 heterocycles. The van der Waals surface area contributed by atoms with Gasteiger partial charge in [-0.2, -0.15) is 0 Å². The molecule has 1 fully saturated rings. The summed E-state index contributed by atoms with van der Waals surface area (Å²) < 4.78 is 0. The lowest BCUT2D eigenvalue weighted by molar-refractivity contribution is -0.132. The second kappa shape index (κ2) is 4.59. The van der Waals surface area contributed by atoms with Gasteiger partial charge in [0.1, 0.15) is 0 Å².